The molecule has 1 amide bonds. The van der Waals surface area contributed by atoms with Gasteiger partial charge in [-0.15, -0.1) is 0 Å². The smallest absolute Gasteiger partial charge is 0.436 e. The van der Waals surface area contributed by atoms with Crippen molar-refractivity contribution < 1.29 is 27.4 Å². The first-order valence-electron chi connectivity index (χ1n) is 13.1. The fourth-order valence-corrected chi connectivity index (χ4v) is 5.40. The number of amides is 1. The molecule has 0 bridgehead atoms. The summed E-state index contributed by atoms with van der Waals surface area (Å²) in [5, 5.41) is 3.26. The average molecular weight is 557 g/mol. The van der Waals surface area contributed by atoms with Crippen molar-refractivity contribution in [1.82, 2.24) is 24.9 Å². The van der Waals surface area contributed by atoms with E-state index in [4.69, 9.17) is 19.4 Å². The third kappa shape index (κ3) is 5.10. The van der Waals surface area contributed by atoms with Gasteiger partial charge in [-0.3, -0.25) is 4.79 Å². The highest BCUT2D eigenvalue weighted by molar-refractivity contribution is 6.06. The number of pyridine rings is 1. The van der Waals surface area contributed by atoms with Gasteiger partial charge in [-0.1, -0.05) is 6.07 Å². The first-order chi connectivity index (χ1) is 19.3. The number of carbonyl (C=O) groups excluding carboxylic acids is 1. The standard InChI is InChI=1S/C26H27F3N8O3/c1-36-20(16-6-9-39-10-7-16)23(38)37-8-2-3-18-21(37)22(36)35-25(34-18)33-12-15-4-5-19(30-11-15)40-17-13-31-24(32-14-17)26(27,28)29/h4-5,11,13-14,16,20H,2-3,6-10,12H2,1H3,(H,33,34,35)/t20-/m0/s1. The Morgan fingerprint density at radius 1 is 1.10 bits per heavy atom. The predicted octanol–water partition coefficient (Wildman–Crippen LogP) is 3.61. The van der Waals surface area contributed by atoms with Gasteiger partial charge in [0.25, 0.3) is 0 Å². The lowest BCUT2D eigenvalue weighted by atomic mass is 9.87. The zero-order chi connectivity index (χ0) is 27.9. The van der Waals surface area contributed by atoms with Gasteiger partial charge in [-0.05, 0) is 37.2 Å². The van der Waals surface area contributed by atoms with Crippen LogP contribution < -0.4 is 19.9 Å². The van der Waals surface area contributed by atoms with E-state index in [1.165, 1.54) is 0 Å². The zero-order valence-corrected chi connectivity index (χ0v) is 21.7. The number of alkyl halides is 3. The molecule has 0 saturated carbocycles. The summed E-state index contributed by atoms with van der Waals surface area (Å²) >= 11 is 0. The topological polar surface area (TPSA) is 118 Å². The van der Waals surface area contributed by atoms with Crippen molar-refractivity contribution >= 4 is 23.4 Å². The highest BCUT2D eigenvalue weighted by Gasteiger charge is 2.44. The first kappa shape index (κ1) is 26.2. The van der Waals surface area contributed by atoms with Crippen molar-refractivity contribution in [3.05, 3.63) is 47.8 Å². The summed E-state index contributed by atoms with van der Waals surface area (Å²) in [7, 11) is 1.93. The number of nitrogens with zero attached hydrogens (tertiary/aromatic N) is 7. The molecule has 14 heteroatoms. The normalized spacial score (nSPS) is 19.4. The Morgan fingerprint density at radius 2 is 1.88 bits per heavy atom. The van der Waals surface area contributed by atoms with E-state index in [0.29, 0.717) is 32.3 Å². The van der Waals surface area contributed by atoms with Crippen molar-refractivity contribution in [3.63, 3.8) is 0 Å². The van der Waals surface area contributed by atoms with E-state index in [1.807, 2.05) is 16.8 Å². The fourth-order valence-electron chi connectivity index (χ4n) is 5.40. The number of likely N-dealkylation sites (N-methyl/N-ethyl adjacent to an activating group) is 1. The maximum Gasteiger partial charge on any atom is 0.451 e. The molecule has 3 aliphatic rings. The van der Waals surface area contributed by atoms with Gasteiger partial charge in [0.15, 0.2) is 11.6 Å². The first-order valence-corrected chi connectivity index (χ1v) is 13.1. The summed E-state index contributed by atoms with van der Waals surface area (Å²) in [5.41, 5.74) is 2.48. The molecule has 11 nitrogen and oxygen atoms in total. The van der Waals surface area contributed by atoms with Crippen molar-refractivity contribution in [2.45, 2.75) is 44.4 Å². The summed E-state index contributed by atoms with van der Waals surface area (Å²) in [4.78, 5) is 37.7. The molecule has 0 radical (unpaired) electrons. The van der Waals surface area contributed by atoms with Crippen LogP contribution in [0.2, 0.25) is 0 Å². The van der Waals surface area contributed by atoms with Crippen LogP contribution in [0.25, 0.3) is 0 Å². The van der Waals surface area contributed by atoms with Gasteiger partial charge in [0.2, 0.25) is 23.6 Å². The van der Waals surface area contributed by atoms with Crippen LogP contribution in [0.15, 0.2) is 30.7 Å². The van der Waals surface area contributed by atoms with E-state index in [1.54, 1.807) is 18.3 Å². The summed E-state index contributed by atoms with van der Waals surface area (Å²) in [6, 6.07) is 3.09. The Kier molecular flexibility index (Phi) is 6.86. The summed E-state index contributed by atoms with van der Waals surface area (Å²) in [6.45, 7) is 2.37. The predicted molar refractivity (Wildman–Crippen MR) is 137 cm³/mol. The van der Waals surface area contributed by atoms with Crippen LogP contribution in [0.5, 0.6) is 11.6 Å². The number of aryl methyl sites for hydroxylation is 1. The second kappa shape index (κ2) is 10.5. The SMILES string of the molecule is CN1c2nc(NCc3ccc(Oc4cnc(C(F)(F)F)nc4)nc3)nc3c2N(CCC3)C(=O)[C@@H]1C1CCOCC1. The van der Waals surface area contributed by atoms with E-state index in [9.17, 15) is 18.0 Å². The molecule has 1 atom stereocenters. The number of ether oxygens (including phenoxy) is 2. The highest BCUT2D eigenvalue weighted by Crippen LogP contribution is 2.42. The summed E-state index contributed by atoms with van der Waals surface area (Å²) in [6.07, 6.45) is 2.15. The molecule has 1 saturated heterocycles. The molecule has 40 heavy (non-hydrogen) atoms. The Balaban J connectivity index is 1.15. The van der Waals surface area contributed by atoms with Crippen LogP contribution in [0.4, 0.5) is 30.6 Å². The number of hydrogen-bond acceptors (Lipinski definition) is 10. The number of nitrogens with one attached hydrogen (secondary N) is 1. The molecule has 3 aliphatic heterocycles. The van der Waals surface area contributed by atoms with Gasteiger partial charge >= 0.3 is 6.18 Å². The molecule has 1 fully saturated rings. The summed E-state index contributed by atoms with van der Waals surface area (Å²) < 4.78 is 48.9. The third-order valence-electron chi connectivity index (χ3n) is 7.34. The second-order valence-electron chi connectivity index (χ2n) is 9.97. The highest BCUT2D eigenvalue weighted by atomic mass is 19.4. The monoisotopic (exact) mass is 556 g/mol. The lowest BCUT2D eigenvalue weighted by Gasteiger charge is -2.46. The van der Waals surface area contributed by atoms with Crippen LogP contribution in [0, 0.1) is 5.92 Å². The molecule has 0 unspecified atom stereocenters. The van der Waals surface area contributed by atoms with E-state index in [0.717, 1.165) is 60.8 Å². The number of aromatic nitrogens is 5. The Labute approximate surface area is 227 Å². The minimum Gasteiger partial charge on any atom is -0.436 e. The lowest BCUT2D eigenvalue weighted by molar-refractivity contribution is -0.145. The van der Waals surface area contributed by atoms with Gasteiger partial charge in [-0.25, -0.2) is 19.9 Å². The Hall–Kier alpha value is -4.07. The van der Waals surface area contributed by atoms with Gasteiger partial charge in [-0.2, -0.15) is 18.2 Å². The number of hydrogen-bond donors (Lipinski definition) is 1. The fraction of sp³-hybridized carbons (Fsp3) is 0.462. The molecule has 1 N–H and O–H groups in total. The van der Waals surface area contributed by atoms with Crippen LogP contribution >= 0.6 is 0 Å². The maximum absolute atomic E-state index is 13.5. The molecule has 210 valence electrons. The molecule has 3 aromatic rings. The molecular weight excluding hydrogens is 529 g/mol. The lowest BCUT2D eigenvalue weighted by Crippen LogP contribution is -2.57. The van der Waals surface area contributed by atoms with Gasteiger partial charge < -0.3 is 24.6 Å². The van der Waals surface area contributed by atoms with Crippen LogP contribution in [-0.2, 0) is 28.7 Å². The quantitative estimate of drug-likeness (QED) is 0.482. The van der Waals surface area contributed by atoms with E-state index < -0.39 is 12.0 Å². The van der Waals surface area contributed by atoms with Crippen LogP contribution in [0.3, 0.4) is 0 Å². The van der Waals surface area contributed by atoms with Crippen molar-refractivity contribution in [1.29, 1.82) is 0 Å². The van der Waals surface area contributed by atoms with Gasteiger partial charge in [0.1, 0.15) is 11.7 Å². The van der Waals surface area contributed by atoms with Gasteiger partial charge in [0, 0.05) is 45.6 Å². The molecule has 0 spiro atoms. The largest absolute Gasteiger partial charge is 0.451 e. The van der Waals surface area contributed by atoms with E-state index >= 15 is 0 Å². The Bertz CT molecular complexity index is 1380. The molecule has 3 aromatic heterocycles. The van der Waals surface area contributed by atoms with Gasteiger partial charge in [0.05, 0.1) is 18.1 Å². The van der Waals surface area contributed by atoms with Crippen molar-refractivity contribution in [3.8, 4) is 11.6 Å². The number of rotatable bonds is 6. The average Bonchev–Trinajstić information content (AvgIpc) is 2.96. The van der Waals surface area contributed by atoms with E-state index in [-0.39, 0.29) is 29.5 Å². The molecule has 0 aromatic carbocycles. The number of carbonyl (C=O) groups is 1. The van der Waals surface area contributed by atoms with Crippen LogP contribution in [0.1, 0.15) is 36.3 Å². The Morgan fingerprint density at radius 3 is 2.58 bits per heavy atom. The second-order valence-corrected chi connectivity index (χ2v) is 9.97. The molecule has 6 heterocycles. The molecular formula is C26H27F3N8O3. The number of anilines is 3. The van der Waals surface area contributed by atoms with Crippen molar-refractivity contribution in [2.75, 3.05) is 41.9 Å². The molecule has 6 rings (SSSR count). The third-order valence-corrected chi connectivity index (χ3v) is 7.34. The summed E-state index contributed by atoms with van der Waals surface area (Å²) in [5.74, 6) is 0.525. The molecule has 0 aliphatic carbocycles. The van der Waals surface area contributed by atoms with Crippen LogP contribution in [-0.4, -0.2) is 63.7 Å². The minimum atomic E-state index is -4.62. The zero-order valence-electron chi connectivity index (χ0n) is 21.7. The number of halogens is 3. The minimum absolute atomic E-state index is 0.0403. The van der Waals surface area contributed by atoms with Crippen molar-refractivity contribution in [2.24, 2.45) is 5.92 Å². The maximum atomic E-state index is 13.5. The van der Waals surface area contributed by atoms with E-state index in [2.05, 4.69) is 20.3 Å².